The lowest BCUT2D eigenvalue weighted by molar-refractivity contribution is 0.595. The summed E-state index contributed by atoms with van der Waals surface area (Å²) >= 11 is 1.43. The first kappa shape index (κ1) is 17.5. The van der Waals surface area contributed by atoms with Crippen LogP contribution < -0.4 is 9.86 Å². The summed E-state index contributed by atoms with van der Waals surface area (Å²) in [6.07, 6.45) is 0. The molecule has 0 aliphatic rings. The van der Waals surface area contributed by atoms with Crippen LogP contribution in [-0.2, 0) is 27.1 Å². The predicted molar refractivity (Wildman–Crippen MR) is 92.9 cm³/mol. The molecule has 0 saturated carbocycles. The zero-order valence-electron chi connectivity index (χ0n) is 12.8. The molecule has 0 aliphatic heterocycles. The number of aryl methyl sites for hydroxylation is 1. The molecular weight excluding hydrogens is 386 g/mol. The Bertz CT molecular complexity index is 1100. The first-order chi connectivity index (χ1) is 11.7. The third kappa shape index (κ3) is 3.71. The van der Waals surface area contributed by atoms with Gasteiger partial charge in [-0.3, -0.25) is 0 Å². The topological polar surface area (TPSA) is 137 Å². The number of anilines is 1. The van der Waals surface area contributed by atoms with Gasteiger partial charge in [0.05, 0.1) is 14.7 Å². The van der Waals surface area contributed by atoms with E-state index in [1.54, 1.807) is 7.05 Å². The maximum absolute atomic E-state index is 12.4. The fraction of sp³-hybridized carbons (Fsp3) is 0.0769. The smallest absolute Gasteiger partial charge is 0.247 e. The van der Waals surface area contributed by atoms with Crippen molar-refractivity contribution in [2.24, 2.45) is 12.2 Å². The van der Waals surface area contributed by atoms with Crippen LogP contribution in [0.1, 0.15) is 0 Å². The Morgan fingerprint density at radius 2 is 1.72 bits per heavy atom. The highest BCUT2D eigenvalue weighted by Crippen LogP contribution is 2.23. The third-order valence-electron chi connectivity index (χ3n) is 3.19. The second-order valence-electron chi connectivity index (χ2n) is 4.98. The number of sulfonamides is 2. The summed E-state index contributed by atoms with van der Waals surface area (Å²) in [5.74, 6) is 0.443. The van der Waals surface area contributed by atoms with Crippen LogP contribution >= 0.6 is 11.3 Å². The summed E-state index contributed by atoms with van der Waals surface area (Å²) in [5.41, 5.74) is 0. The lowest BCUT2D eigenvalue weighted by atomic mass is 10.4. The van der Waals surface area contributed by atoms with Crippen molar-refractivity contribution in [3.05, 3.63) is 41.8 Å². The van der Waals surface area contributed by atoms with Crippen molar-refractivity contribution in [1.29, 1.82) is 0 Å². The molecule has 0 bridgehead atoms. The predicted octanol–water partition coefficient (Wildman–Crippen LogP) is 0.992. The Balaban J connectivity index is 1.89. The number of rotatable bonds is 5. The molecule has 0 atom stereocenters. The van der Waals surface area contributed by atoms with E-state index in [0.717, 1.165) is 29.1 Å². The summed E-state index contributed by atoms with van der Waals surface area (Å²) in [7, 11) is -6.29. The molecule has 0 amide bonds. The van der Waals surface area contributed by atoms with Crippen molar-refractivity contribution in [3.63, 3.8) is 0 Å². The molecule has 9 nitrogen and oxygen atoms in total. The van der Waals surface area contributed by atoms with Gasteiger partial charge in [0.25, 0.3) is 10.0 Å². The van der Waals surface area contributed by atoms with Crippen molar-refractivity contribution < 1.29 is 16.8 Å². The standard InChI is InChI=1S/C13H13N5O4S3/c1-18-13(15-12(16-18)11-3-2-8-23-11)17-25(21,22)10-6-4-9(5-7-10)24(14,19)20/h2-8H,1H3,(H2,14,19,20)(H,15,16,17). The first-order valence-electron chi connectivity index (χ1n) is 6.77. The van der Waals surface area contributed by atoms with E-state index < -0.39 is 20.0 Å². The molecule has 12 heteroatoms. The first-order valence-corrected chi connectivity index (χ1v) is 10.7. The molecule has 0 fully saturated rings. The second kappa shape index (κ2) is 6.22. The van der Waals surface area contributed by atoms with Crippen LogP contribution in [-0.4, -0.2) is 31.6 Å². The zero-order valence-corrected chi connectivity index (χ0v) is 15.3. The number of thiophene rings is 1. The van der Waals surface area contributed by atoms with Gasteiger partial charge in [-0.1, -0.05) is 6.07 Å². The van der Waals surface area contributed by atoms with Crippen LogP contribution in [0, 0.1) is 0 Å². The van der Waals surface area contributed by atoms with E-state index >= 15 is 0 Å². The Hall–Kier alpha value is -2.28. The van der Waals surface area contributed by atoms with E-state index in [-0.39, 0.29) is 15.7 Å². The molecule has 0 aliphatic carbocycles. The summed E-state index contributed by atoms with van der Waals surface area (Å²) in [6.45, 7) is 0. The normalized spacial score (nSPS) is 12.2. The minimum atomic E-state index is -3.96. The molecule has 2 heterocycles. The summed E-state index contributed by atoms with van der Waals surface area (Å²) in [4.78, 5) is 4.68. The van der Waals surface area contributed by atoms with Crippen LogP contribution in [0.3, 0.4) is 0 Å². The number of hydrogen-bond acceptors (Lipinski definition) is 7. The molecule has 0 radical (unpaired) electrons. The summed E-state index contributed by atoms with van der Waals surface area (Å²) < 4.78 is 51.0. The fourth-order valence-electron chi connectivity index (χ4n) is 1.97. The highest BCUT2D eigenvalue weighted by molar-refractivity contribution is 7.92. The van der Waals surface area contributed by atoms with Crippen molar-refractivity contribution in [2.75, 3.05) is 4.72 Å². The molecule has 132 valence electrons. The Morgan fingerprint density at radius 3 is 2.28 bits per heavy atom. The molecule has 0 spiro atoms. The molecule has 3 aromatic rings. The van der Waals surface area contributed by atoms with Gasteiger partial charge in [-0.05, 0) is 35.7 Å². The molecule has 0 saturated heterocycles. The van der Waals surface area contributed by atoms with Gasteiger partial charge in [0.2, 0.25) is 16.0 Å². The molecule has 3 N–H and O–H groups in total. The fourth-order valence-corrected chi connectivity index (χ4v) is 4.17. The monoisotopic (exact) mass is 399 g/mol. The van der Waals surface area contributed by atoms with E-state index in [9.17, 15) is 16.8 Å². The maximum Gasteiger partial charge on any atom is 0.264 e. The lowest BCUT2D eigenvalue weighted by Crippen LogP contribution is -2.17. The summed E-state index contributed by atoms with van der Waals surface area (Å²) in [5, 5.41) is 11.0. The zero-order chi connectivity index (χ0) is 18.2. The number of primary sulfonamides is 1. The average molecular weight is 399 g/mol. The number of aromatic nitrogens is 3. The van der Waals surface area contributed by atoms with Gasteiger partial charge in [-0.2, -0.15) is 4.98 Å². The van der Waals surface area contributed by atoms with E-state index in [1.165, 1.54) is 16.0 Å². The molecule has 3 rings (SSSR count). The van der Waals surface area contributed by atoms with Gasteiger partial charge in [0, 0.05) is 7.05 Å². The Morgan fingerprint density at radius 1 is 1.08 bits per heavy atom. The van der Waals surface area contributed by atoms with Gasteiger partial charge in [0.1, 0.15) is 0 Å². The van der Waals surface area contributed by atoms with Gasteiger partial charge in [-0.25, -0.2) is 31.4 Å². The highest BCUT2D eigenvalue weighted by atomic mass is 32.2. The number of hydrogen-bond donors (Lipinski definition) is 2. The maximum atomic E-state index is 12.4. The number of nitrogens with one attached hydrogen (secondary N) is 1. The largest absolute Gasteiger partial charge is 0.264 e. The third-order valence-corrected chi connectivity index (χ3v) is 6.33. The molecule has 2 aromatic heterocycles. The molecule has 0 unspecified atom stereocenters. The minimum absolute atomic E-state index is 0.0407. The van der Waals surface area contributed by atoms with Crippen LogP contribution in [0.4, 0.5) is 5.95 Å². The lowest BCUT2D eigenvalue weighted by Gasteiger charge is -2.07. The van der Waals surface area contributed by atoms with E-state index in [1.807, 2.05) is 17.5 Å². The van der Waals surface area contributed by atoms with Gasteiger partial charge < -0.3 is 0 Å². The number of nitrogens with two attached hydrogens (primary N) is 1. The highest BCUT2D eigenvalue weighted by Gasteiger charge is 2.20. The van der Waals surface area contributed by atoms with Gasteiger partial charge in [0.15, 0.2) is 5.82 Å². The van der Waals surface area contributed by atoms with Gasteiger partial charge in [-0.15, -0.1) is 16.4 Å². The van der Waals surface area contributed by atoms with Crippen LogP contribution in [0.5, 0.6) is 0 Å². The van der Waals surface area contributed by atoms with Crippen molar-refractivity contribution >= 4 is 37.3 Å². The van der Waals surface area contributed by atoms with Crippen LogP contribution in [0.25, 0.3) is 10.7 Å². The van der Waals surface area contributed by atoms with Crippen LogP contribution in [0.15, 0.2) is 51.6 Å². The molecule has 25 heavy (non-hydrogen) atoms. The summed E-state index contributed by atoms with van der Waals surface area (Å²) in [6, 6.07) is 8.21. The van der Waals surface area contributed by atoms with Crippen molar-refractivity contribution in [3.8, 4) is 10.7 Å². The SMILES string of the molecule is Cn1nc(-c2cccs2)nc1NS(=O)(=O)c1ccc(S(N)(=O)=O)cc1. The van der Waals surface area contributed by atoms with E-state index in [0.29, 0.717) is 5.82 Å². The Kier molecular flexibility index (Phi) is 4.36. The second-order valence-corrected chi connectivity index (χ2v) is 9.17. The van der Waals surface area contributed by atoms with Crippen molar-refractivity contribution in [2.45, 2.75) is 9.79 Å². The van der Waals surface area contributed by atoms with Crippen LogP contribution in [0.2, 0.25) is 0 Å². The average Bonchev–Trinajstić information content (AvgIpc) is 3.17. The molecule has 1 aromatic carbocycles. The Labute approximate surface area is 148 Å². The quantitative estimate of drug-likeness (QED) is 0.656. The minimum Gasteiger partial charge on any atom is -0.247 e. The van der Waals surface area contributed by atoms with Gasteiger partial charge >= 0.3 is 0 Å². The van der Waals surface area contributed by atoms with E-state index in [2.05, 4.69) is 14.8 Å². The number of nitrogens with zero attached hydrogens (tertiary/aromatic N) is 3. The number of benzene rings is 1. The molecular formula is C13H13N5O4S3. The van der Waals surface area contributed by atoms with E-state index in [4.69, 9.17) is 5.14 Å². The van der Waals surface area contributed by atoms with Crippen molar-refractivity contribution in [1.82, 2.24) is 14.8 Å².